The van der Waals surface area contributed by atoms with Crippen LogP contribution >= 0.6 is 0 Å². The first-order chi connectivity index (χ1) is 32.0. The molecule has 0 aromatic rings. The fraction of sp³-hybridized carbons (Fsp3) is 0.881. The Hall–Kier alpha value is -2.11. The summed E-state index contributed by atoms with van der Waals surface area (Å²) in [5, 5.41) is 0. The predicted octanol–water partition coefficient (Wildman–Crippen LogP) is 19.1. The average molecular weight is 916 g/mol. The summed E-state index contributed by atoms with van der Waals surface area (Å²) in [7, 11) is 0. The van der Waals surface area contributed by atoms with Crippen LogP contribution in [0.5, 0.6) is 0 Å². The third-order valence-corrected chi connectivity index (χ3v) is 12.9. The Morgan fingerprint density at radius 1 is 0.292 bits per heavy atom. The lowest BCUT2D eigenvalue weighted by atomic mass is 10.0. The van der Waals surface area contributed by atoms with Crippen LogP contribution in [0.15, 0.2) is 24.3 Å². The third kappa shape index (κ3) is 52.7. The van der Waals surface area contributed by atoms with Crippen molar-refractivity contribution in [2.45, 2.75) is 322 Å². The summed E-state index contributed by atoms with van der Waals surface area (Å²) in [6, 6.07) is 0. The van der Waals surface area contributed by atoms with E-state index in [0.717, 1.165) is 64.2 Å². The van der Waals surface area contributed by atoms with Crippen LogP contribution in [0.2, 0.25) is 0 Å². The zero-order chi connectivity index (χ0) is 47.2. The van der Waals surface area contributed by atoms with E-state index < -0.39 is 6.10 Å². The third-order valence-electron chi connectivity index (χ3n) is 12.9. The highest BCUT2D eigenvalue weighted by atomic mass is 16.6. The molecule has 0 aromatic carbocycles. The molecule has 382 valence electrons. The van der Waals surface area contributed by atoms with E-state index in [1.165, 1.54) is 212 Å². The zero-order valence-corrected chi connectivity index (χ0v) is 43.8. The first-order valence-electron chi connectivity index (χ1n) is 28.8. The molecular formula is C59H110O6. The molecule has 0 aliphatic carbocycles. The number of hydrogen-bond acceptors (Lipinski definition) is 6. The number of rotatable bonds is 53. The summed E-state index contributed by atoms with van der Waals surface area (Å²) in [4.78, 5) is 38.1. The molecule has 0 saturated carbocycles. The number of ether oxygens (including phenoxy) is 3. The molecule has 0 aliphatic rings. The predicted molar refractivity (Wildman–Crippen MR) is 279 cm³/mol. The molecule has 1 atom stereocenters. The normalized spacial score (nSPS) is 12.1. The summed E-state index contributed by atoms with van der Waals surface area (Å²) in [5.74, 6) is -0.862. The van der Waals surface area contributed by atoms with Gasteiger partial charge in [0.25, 0.3) is 0 Å². The van der Waals surface area contributed by atoms with Gasteiger partial charge >= 0.3 is 17.9 Å². The van der Waals surface area contributed by atoms with Gasteiger partial charge in [0.05, 0.1) is 0 Å². The highest BCUT2D eigenvalue weighted by molar-refractivity contribution is 5.71. The second-order valence-electron chi connectivity index (χ2n) is 19.6. The molecule has 1 unspecified atom stereocenters. The molecule has 0 fully saturated rings. The van der Waals surface area contributed by atoms with Crippen LogP contribution in [0.3, 0.4) is 0 Å². The van der Waals surface area contributed by atoms with Gasteiger partial charge in [0.1, 0.15) is 13.2 Å². The first-order valence-corrected chi connectivity index (χ1v) is 28.8. The highest BCUT2D eigenvalue weighted by Gasteiger charge is 2.19. The summed E-state index contributed by atoms with van der Waals surface area (Å²) in [6.07, 6.45) is 63.1. The molecule has 0 aromatic heterocycles. The number of carbonyl (C=O) groups is 3. The molecule has 0 spiro atoms. The molecule has 0 heterocycles. The number of unbranched alkanes of at least 4 members (excludes halogenated alkanes) is 38. The first kappa shape index (κ1) is 62.9. The van der Waals surface area contributed by atoms with Gasteiger partial charge in [-0.1, -0.05) is 251 Å². The number of esters is 3. The molecule has 0 bridgehead atoms. The van der Waals surface area contributed by atoms with Crippen molar-refractivity contribution in [3.05, 3.63) is 24.3 Å². The lowest BCUT2D eigenvalue weighted by Gasteiger charge is -2.18. The van der Waals surface area contributed by atoms with Crippen LogP contribution in [-0.2, 0) is 28.6 Å². The minimum atomic E-state index is -0.771. The van der Waals surface area contributed by atoms with E-state index >= 15 is 0 Å². The van der Waals surface area contributed by atoms with Gasteiger partial charge in [-0.2, -0.15) is 0 Å². The fourth-order valence-electron chi connectivity index (χ4n) is 8.55. The van der Waals surface area contributed by atoms with Crippen LogP contribution in [0.25, 0.3) is 0 Å². The van der Waals surface area contributed by atoms with E-state index in [1.807, 2.05) is 0 Å². The van der Waals surface area contributed by atoms with Crippen molar-refractivity contribution in [3.8, 4) is 0 Å². The average Bonchev–Trinajstić information content (AvgIpc) is 3.30. The van der Waals surface area contributed by atoms with E-state index in [4.69, 9.17) is 14.2 Å². The number of carbonyl (C=O) groups excluding carboxylic acids is 3. The monoisotopic (exact) mass is 915 g/mol. The summed E-state index contributed by atoms with van der Waals surface area (Å²) in [6.45, 7) is 6.65. The SMILES string of the molecule is CCCCC/C=C\CCCCCCCC(=O)OCC(COC(=O)CCCCCCCCCCC/C=C\CCCCCCCC)OC(=O)CCCCCCCCCCCCCCCCCC. The minimum absolute atomic E-state index is 0.0707. The van der Waals surface area contributed by atoms with E-state index in [2.05, 4.69) is 45.1 Å². The van der Waals surface area contributed by atoms with E-state index in [9.17, 15) is 14.4 Å². The van der Waals surface area contributed by atoms with Gasteiger partial charge < -0.3 is 14.2 Å². The molecule has 0 rings (SSSR count). The van der Waals surface area contributed by atoms with Gasteiger partial charge in [0, 0.05) is 19.3 Å². The maximum atomic E-state index is 12.8. The Bertz CT molecular complexity index is 1050. The van der Waals surface area contributed by atoms with Gasteiger partial charge in [-0.05, 0) is 70.6 Å². The van der Waals surface area contributed by atoms with Gasteiger partial charge in [-0.25, -0.2) is 0 Å². The Morgan fingerprint density at radius 2 is 0.508 bits per heavy atom. The summed E-state index contributed by atoms with van der Waals surface area (Å²) >= 11 is 0. The van der Waals surface area contributed by atoms with Gasteiger partial charge in [0.2, 0.25) is 0 Å². The standard InChI is InChI=1S/C59H110O6/c1-4-7-10-13-16-19-22-25-27-29-30-31-33-34-37-40-43-46-49-52-58(61)64-55-56(54-63-57(60)51-48-45-42-39-36-24-21-18-15-12-9-6-3)65-59(62)53-50-47-44-41-38-35-32-28-26-23-20-17-14-11-8-5-2/h18,21,25,27,56H,4-17,19-20,22-24,26,28-55H2,1-3H3/b21-18-,27-25-. The number of hydrogen-bond donors (Lipinski definition) is 0. The summed E-state index contributed by atoms with van der Waals surface area (Å²) < 4.78 is 16.9. The lowest BCUT2D eigenvalue weighted by Crippen LogP contribution is -2.30. The Morgan fingerprint density at radius 3 is 0.800 bits per heavy atom. The molecule has 0 saturated heterocycles. The molecule has 0 N–H and O–H groups in total. The van der Waals surface area contributed by atoms with E-state index in [-0.39, 0.29) is 31.1 Å². The quantitative estimate of drug-likeness (QED) is 0.0262. The molecule has 0 amide bonds. The van der Waals surface area contributed by atoms with Crippen LogP contribution in [-0.4, -0.2) is 37.2 Å². The minimum Gasteiger partial charge on any atom is -0.462 e. The largest absolute Gasteiger partial charge is 0.462 e. The molecule has 0 aliphatic heterocycles. The summed E-state index contributed by atoms with van der Waals surface area (Å²) in [5.41, 5.74) is 0. The molecule has 0 radical (unpaired) electrons. The molecule has 65 heavy (non-hydrogen) atoms. The lowest BCUT2D eigenvalue weighted by molar-refractivity contribution is -0.167. The Kier molecular flexibility index (Phi) is 52.7. The van der Waals surface area contributed by atoms with Gasteiger partial charge in [0.15, 0.2) is 6.10 Å². The topological polar surface area (TPSA) is 78.9 Å². The fourth-order valence-corrected chi connectivity index (χ4v) is 8.55. The molecule has 6 heteroatoms. The highest BCUT2D eigenvalue weighted by Crippen LogP contribution is 2.17. The smallest absolute Gasteiger partial charge is 0.306 e. The van der Waals surface area contributed by atoms with Gasteiger partial charge in [-0.15, -0.1) is 0 Å². The second-order valence-corrected chi connectivity index (χ2v) is 19.6. The van der Waals surface area contributed by atoms with Crippen LogP contribution in [0.1, 0.15) is 316 Å². The van der Waals surface area contributed by atoms with Crippen LogP contribution in [0, 0.1) is 0 Å². The van der Waals surface area contributed by atoms with Crippen molar-refractivity contribution >= 4 is 17.9 Å². The number of allylic oxidation sites excluding steroid dienone is 4. The maximum absolute atomic E-state index is 12.8. The van der Waals surface area contributed by atoms with E-state index in [0.29, 0.717) is 19.3 Å². The van der Waals surface area contributed by atoms with Crippen molar-refractivity contribution in [1.82, 2.24) is 0 Å². The van der Waals surface area contributed by atoms with Crippen molar-refractivity contribution in [2.75, 3.05) is 13.2 Å². The van der Waals surface area contributed by atoms with E-state index in [1.54, 1.807) is 0 Å². The Labute approximate surface area is 404 Å². The van der Waals surface area contributed by atoms with Crippen molar-refractivity contribution in [2.24, 2.45) is 0 Å². The van der Waals surface area contributed by atoms with Crippen molar-refractivity contribution in [3.63, 3.8) is 0 Å². The molecular weight excluding hydrogens is 805 g/mol. The zero-order valence-electron chi connectivity index (χ0n) is 43.8. The van der Waals surface area contributed by atoms with Crippen LogP contribution in [0.4, 0.5) is 0 Å². The van der Waals surface area contributed by atoms with Crippen LogP contribution < -0.4 is 0 Å². The van der Waals surface area contributed by atoms with Gasteiger partial charge in [-0.3, -0.25) is 14.4 Å². The molecule has 6 nitrogen and oxygen atoms in total. The van der Waals surface area contributed by atoms with Crippen molar-refractivity contribution < 1.29 is 28.6 Å². The Balaban J connectivity index is 4.30. The maximum Gasteiger partial charge on any atom is 0.306 e. The second kappa shape index (κ2) is 54.5. The van der Waals surface area contributed by atoms with Crippen molar-refractivity contribution in [1.29, 1.82) is 0 Å².